The topological polar surface area (TPSA) is 64.3 Å². The maximum absolute atomic E-state index is 13.1. The number of rotatable bonds is 4. The standard InChI is InChI=1S/C13H13FN2O3/c1-2-19-13(18)10-6-15-16(7-10)12-4-3-11(14)5-9(12)8-17/h3-7,17H,2,8H2,1H3. The van der Waals surface area contributed by atoms with Crippen molar-refractivity contribution in [3.63, 3.8) is 0 Å². The SMILES string of the molecule is CCOC(=O)c1cnn(-c2ccc(F)cc2CO)c1. The third kappa shape index (κ3) is 2.79. The first-order valence-electron chi connectivity index (χ1n) is 5.77. The van der Waals surface area contributed by atoms with E-state index in [9.17, 15) is 14.3 Å². The van der Waals surface area contributed by atoms with Crippen LogP contribution in [0.3, 0.4) is 0 Å². The van der Waals surface area contributed by atoms with E-state index in [0.29, 0.717) is 16.8 Å². The number of benzene rings is 1. The van der Waals surface area contributed by atoms with E-state index in [0.717, 1.165) is 0 Å². The number of aliphatic hydroxyl groups excluding tert-OH is 1. The Kier molecular flexibility index (Phi) is 3.91. The molecule has 0 fully saturated rings. The van der Waals surface area contributed by atoms with Crippen molar-refractivity contribution in [3.05, 3.63) is 47.5 Å². The van der Waals surface area contributed by atoms with Gasteiger partial charge >= 0.3 is 5.97 Å². The minimum absolute atomic E-state index is 0.280. The van der Waals surface area contributed by atoms with E-state index in [1.54, 1.807) is 6.92 Å². The van der Waals surface area contributed by atoms with Gasteiger partial charge in [0, 0.05) is 11.8 Å². The first kappa shape index (κ1) is 13.2. The summed E-state index contributed by atoms with van der Waals surface area (Å²) in [4.78, 5) is 11.5. The molecule has 0 amide bonds. The molecule has 6 heteroatoms. The van der Waals surface area contributed by atoms with E-state index in [1.165, 1.54) is 35.3 Å². The lowest BCUT2D eigenvalue weighted by Crippen LogP contribution is -2.04. The highest BCUT2D eigenvalue weighted by atomic mass is 19.1. The predicted octanol–water partition coefficient (Wildman–Crippen LogP) is 1.68. The number of esters is 1. The number of ether oxygens (including phenoxy) is 1. The van der Waals surface area contributed by atoms with Crippen molar-refractivity contribution < 1.29 is 19.0 Å². The van der Waals surface area contributed by atoms with Crippen LogP contribution in [0.2, 0.25) is 0 Å². The highest BCUT2D eigenvalue weighted by Crippen LogP contribution is 2.16. The van der Waals surface area contributed by atoms with Gasteiger partial charge < -0.3 is 9.84 Å². The number of nitrogens with zero attached hydrogens (tertiary/aromatic N) is 2. The first-order chi connectivity index (χ1) is 9.15. The van der Waals surface area contributed by atoms with Gasteiger partial charge in [-0.15, -0.1) is 0 Å². The molecule has 1 heterocycles. The van der Waals surface area contributed by atoms with Gasteiger partial charge in [0.1, 0.15) is 5.82 Å². The zero-order chi connectivity index (χ0) is 13.8. The number of hydrogen-bond acceptors (Lipinski definition) is 4. The number of aromatic nitrogens is 2. The van der Waals surface area contributed by atoms with Crippen LogP contribution in [0.4, 0.5) is 4.39 Å². The monoisotopic (exact) mass is 264 g/mol. The Labute approximate surface area is 109 Å². The molecule has 0 radical (unpaired) electrons. The third-order valence-electron chi connectivity index (χ3n) is 2.55. The lowest BCUT2D eigenvalue weighted by molar-refractivity contribution is 0.0526. The van der Waals surface area contributed by atoms with Crippen LogP contribution in [0.15, 0.2) is 30.6 Å². The molecular formula is C13H13FN2O3. The summed E-state index contributed by atoms with van der Waals surface area (Å²) in [6.07, 6.45) is 2.84. The number of aliphatic hydroxyl groups is 1. The fraction of sp³-hybridized carbons (Fsp3) is 0.231. The molecule has 19 heavy (non-hydrogen) atoms. The summed E-state index contributed by atoms with van der Waals surface area (Å²) in [5, 5.41) is 13.2. The number of halogens is 1. The molecular weight excluding hydrogens is 251 g/mol. The van der Waals surface area contributed by atoms with Gasteiger partial charge in [0.25, 0.3) is 0 Å². The summed E-state index contributed by atoms with van der Waals surface area (Å²) in [5.74, 6) is -0.910. The van der Waals surface area contributed by atoms with Crippen molar-refractivity contribution in [2.24, 2.45) is 0 Å². The molecule has 0 saturated heterocycles. The van der Waals surface area contributed by atoms with Gasteiger partial charge in [-0.2, -0.15) is 5.10 Å². The quantitative estimate of drug-likeness (QED) is 0.853. The van der Waals surface area contributed by atoms with Gasteiger partial charge in [-0.1, -0.05) is 0 Å². The normalized spacial score (nSPS) is 10.5. The fourth-order valence-electron chi connectivity index (χ4n) is 1.68. The van der Waals surface area contributed by atoms with Crippen LogP contribution < -0.4 is 0 Å². The summed E-state index contributed by atoms with van der Waals surface area (Å²) in [6.45, 7) is 1.68. The Hall–Kier alpha value is -2.21. The van der Waals surface area contributed by atoms with Crippen LogP contribution in [0.5, 0.6) is 0 Å². The van der Waals surface area contributed by atoms with Gasteiger partial charge in [0.2, 0.25) is 0 Å². The number of hydrogen-bond donors (Lipinski definition) is 1. The van der Waals surface area contributed by atoms with Crippen molar-refractivity contribution in [2.75, 3.05) is 6.61 Å². The average molecular weight is 264 g/mol. The van der Waals surface area contributed by atoms with Crippen molar-refractivity contribution in [2.45, 2.75) is 13.5 Å². The average Bonchev–Trinajstić information content (AvgIpc) is 2.88. The molecule has 0 aliphatic heterocycles. The van der Waals surface area contributed by atoms with Gasteiger partial charge in [0.05, 0.1) is 30.7 Å². The zero-order valence-corrected chi connectivity index (χ0v) is 10.3. The Balaban J connectivity index is 2.35. The van der Waals surface area contributed by atoms with Crippen LogP contribution in [-0.4, -0.2) is 27.5 Å². The summed E-state index contributed by atoms with van der Waals surface area (Å²) >= 11 is 0. The maximum Gasteiger partial charge on any atom is 0.341 e. The molecule has 1 N–H and O–H groups in total. The molecule has 0 atom stereocenters. The minimum Gasteiger partial charge on any atom is -0.462 e. The Morgan fingerprint density at radius 2 is 2.32 bits per heavy atom. The van der Waals surface area contributed by atoms with E-state index >= 15 is 0 Å². The molecule has 2 aromatic rings. The van der Waals surface area contributed by atoms with Gasteiger partial charge in [-0.25, -0.2) is 13.9 Å². The Bertz CT molecular complexity index is 595. The van der Waals surface area contributed by atoms with Crippen LogP contribution in [0.25, 0.3) is 5.69 Å². The van der Waals surface area contributed by atoms with Crippen LogP contribution in [0, 0.1) is 5.82 Å². The highest BCUT2D eigenvalue weighted by molar-refractivity contribution is 5.88. The molecule has 0 aliphatic carbocycles. The van der Waals surface area contributed by atoms with Crippen molar-refractivity contribution in [1.29, 1.82) is 0 Å². The molecule has 0 unspecified atom stereocenters. The summed E-state index contributed by atoms with van der Waals surface area (Å²) in [7, 11) is 0. The molecule has 0 bridgehead atoms. The van der Waals surface area contributed by atoms with E-state index in [-0.39, 0.29) is 13.2 Å². The smallest absolute Gasteiger partial charge is 0.341 e. The fourth-order valence-corrected chi connectivity index (χ4v) is 1.68. The van der Waals surface area contributed by atoms with E-state index in [4.69, 9.17) is 4.74 Å². The molecule has 1 aromatic carbocycles. The molecule has 100 valence electrons. The molecule has 0 aliphatic rings. The van der Waals surface area contributed by atoms with Crippen molar-refractivity contribution >= 4 is 5.97 Å². The molecule has 0 saturated carbocycles. The van der Waals surface area contributed by atoms with Crippen LogP contribution in [0.1, 0.15) is 22.8 Å². The van der Waals surface area contributed by atoms with Crippen molar-refractivity contribution in [1.82, 2.24) is 9.78 Å². The molecule has 1 aromatic heterocycles. The van der Waals surface area contributed by atoms with E-state index in [2.05, 4.69) is 5.10 Å². The number of carbonyl (C=O) groups is 1. The predicted molar refractivity (Wildman–Crippen MR) is 65.4 cm³/mol. The van der Waals surface area contributed by atoms with Crippen molar-refractivity contribution in [3.8, 4) is 5.69 Å². The highest BCUT2D eigenvalue weighted by Gasteiger charge is 2.12. The minimum atomic E-state index is -0.471. The Morgan fingerprint density at radius 1 is 1.53 bits per heavy atom. The lowest BCUT2D eigenvalue weighted by atomic mass is 10.2. The molecule has 0 spiro atoms. The second-order valence-electron chi connectivity index (χ2n) is 3.83. The lowest BCUT2D eigenvalue weighted by Gasteiger charge is -2.07. The third-order valence-corrected chi connectivity index (χ3v) is 2.55. The first-order valence-corrected chi connectivity index (χ1v) is 5.77. The summed E-state index contributed by atoms with van der Waals surface area (Å²) in [6, 6.07) is 3.98. The van der Waals surface area contributed by atoms with Crippen LogP contribution >= 0.6 is 0 Å². The van der Waals surface area contributed by atoms with E-state index in [1.807, 2.05) is 0 Å². The largest absolute Gasteiger partial charge is 0.462 e. The van der Waals surface area contributed by atoms with Gasteiger partial charge in [-0.05, 0) is 25.1 Å². The van der Waals surface area contributed by atoms with Crippen LogP contribution in [-0.2, 0) is 11.3 Å². The Morgan fingerprint density at radius 3 is 3.00 bits per heavy atom. The summed E-state index contributed by atoms with van der Waals surface area (Å²) < 4.78 is 19.3. The zero-order valence-electron chi connectivity index (χ0n) is 10.3. The number of carbonyl (C=O) groups excluding carboxylic acids is 1. The van der Waals surface area contributed by atoms with Gasteiger partial charge in [-0.3, -0.25) is 0 Å². The molecule has 5 nitrogen and oxygen atoms in total. The van der Waals surface area contributed by atoms with Gasteiger partial charge in [0.15, 0.2) is 0 Å². The second-order valence-corrected chi connectivity index (χ2v) is 3.83. The summed E-state index contributed by atoms with van der Waals surface area (Å²) in [5.41, 5.74) is 1.20. The maximum atomic E-state index is 13.1. The molecule has 2 rings (SSSR count). The van der Waals surface area contributed by atoms with E-state index < -0.39 is 11.8 Å². The second kappa shape index (κ2) is 5.62.